The second kappa shape index (κ2) is 3.89. The number of carbonyl (C=O) groups is 1. The quantitative estimate of drug-likeness (QED) is 0.693. The minimum Gasteiger partial charge on any atom is -0.352 e. The lowest BCUT2D eigenvalue weighted by molar-refractivity contribution is -0.135. The maximum atomic E-state index is 11.9. The van der Waals surface area contributed by atoms with Gasteiger partial charge in [-0.1, -0.05) is 13.3 Å². The predicted octanol–water partition coefficient (Wildman–Crippen LogP) is 1.04. The van der Waals surface area contributed by atoms with Crippen LogP contribution < -0.4 is 10.6 Å². The van der Waals surface area contributed by atoms with Crippen LogP contribution in [0.3, 0.4) is 0 Å². The van der Waals surface area contributed by atoms with Crippen LogP contribution in [0.1, 0.15) is 39.0 Å². The summed E-state index contributed by atoms with van der Waals surface area (Å²) in [4.78, 5) is 11.9. The summed E-state index contributed by atoms with van der Waals surface area (Å²) >= 11 is 0. The van der Waals surface area contributed by atoms with E-state index in [0.717, 1.165) is 32.4 Å². The first-order chi connectivity index (χ1) is 6.71. The van der Waals surface area contributed by atoms with E-state index < -0.39 is 0 Å². The highest BCUT2D eigenvalue weighted by atomic mass is 16.2. The number of amides is 1. The Balaban J connectivity index is 1.81. The minimum absolute atomic E-state index is 0.0442. The molecule has 3 heteroatoms. The summed E-state index contributed by atoms with van der Waals surface area (Å²) in [7, 11) is 0. The fourth-order valence-corrected chi connectivity index (χ4v) is 2.27. The van der Waals surface area contributed by atoms with Crippen molar-refractivity contribution in [3.8, 4) is 0 Å². The van der Waals surface area contributed by atoms with Gasteiger partial charge < -0.3 is 10.6 Å². The number of piperidine rings is 1. The monoisotopic (exact) mass is 196 g/mol. The lowest BCUT2D eigenvalue weighted by atomic mass is 9.69. The van der Waals surface area contributed by atoms with Crippen LogP contribution in [0.15, 0.2) is 0 Å². The summed E-state index contributed by atoms with van der Waals surface area (Å²) in [6.45, 7) is 4.13. The van der Waals surface area contributed by atoms with E-state index in [4.69, 9.17) is 0 Å². The Kier molecular flexibility index (Phi) is 2.77. The number of hydrogen-bond donors (Lipinski definition) is 2. The van der Waals surface area contributed by atoms with Gasteiger partial charge in [-0.3, -0.25) is 4.79 Å². The highest BCUT2D eigenvalue weighted by Crippen LogP contribution is 2.40. The van der Waals surface area contributed by atoms with Crippen molar-refractivity contribution in [1.29, 1.82) is 0 Å². The molecule has 0 aromatic heterocycles. The third-order valence-electron chi connectivity index (χ3n) is 3.64. The standard InChI is InChI=1S/C11H20N2O/c1-11(5-3-6-11)10(14)13-9-4-2-7-12-8-9/h9,12H,2-8H2,1H3,(H,13,14)/t9-/m1/s1. The SMILES string of the molecule is CC1(C(=O)N[C@@H]2CCCNC2)CCC1. The van der Waals surface area contributed by atoms with Crippen molar-refractivity contribution < 1.29 is 4.79 Å². The van der Waals surface area contributed by atoms with Gasteiger partial charge in [0.25, 0.3) is 0 Å². The molecule has 1 saturated heterocycles. The molecular formula is C11H20N2O. The lowest BCUT2D eigenvalue weighted by Crippen LogP contribution is -2.51. The van der Waals surface area contributed by atoms with E-state index in [1.54, 1.807) is 0 Å². The molecule has 0 bridgehead atoms. The Labute approximate surface area is 85.6 Å². The minimum atomic E-state index is -0.0442. The Hall–Kier alpha value is -0.570. The maximum Gasteiger partial charge on any atom is 0.226 e. The molecule has 0 aromatic rings. The molecule has 0 unspecified atom stereocenters. The zero-order chi connectivity index (χ0) is 10.0. The van der Waals surface area contributed by atoms with Crippen molar-refractivity contribution >= 4 is 5.91 Å². The summed E-state index contributed by atoms with van der Waals surface area (Å²) in [5.74, 6) is 0.275. The number of hydrogen-bond acceptors (Lipinski definition) is 2. The Morgan fingerprint density at radius 1 is 1.43 bits per heavy atom. The Morgan fingerprint density at radius 3 is 2.71 bits per heavy atom. The van der Waals surface area contributed by atoms with Crippen LogP contribution in [0.5, 0.6) is 0 Å². The van der Waals surface area contributed by atoms with E-state index in [0.29, 0.717) is 6.04 Å². The highest BCUT2D eigenvalue weighted by Gasteiger charge is 2.39. The van der Waals surface area contributed by atoms with Crippen molar-refractivity contribution in [3.05, 3.63) is 0 Å². The predicted molar refractivity (Wildman–Crippen MR) is 56.0 cm³/mol. The third-order valence-corrected chi connectivity index (χ3v) is 3.64. The van der Waals surface area contributed by atoms with Crippen molar-refractivity contribution in [2.24, 2.45) is 5.41 Å². The molecular weight excluding hydrogens is 176 g/mol. The lowest BCUT2D eigenvalue weighted by Gasteiger charge is -2.38. The summed E-state index contributed by atoms with van der Waals surface area (Å²) in [5.41, 5.74) is -0.0442. The summed E-state index contributed by atoms with van der Waals surface area (Å²) in [5, 5.41) is 6.47. The average Bonchev–Trinajstić information content (AvgIpc) is 2.15. The van der Waals surface area contributed by atoms with Crippen LogP contribution in [-0.4, -0.2) is 25.0 Å². The molecule has 2 N–H and O–H groups in total. The van der Waals surface area contributed by atoms with Gasteiger partial charge in [0.05, 0.1) is 0 Å². The topological polar surface area (TPSA) is 41.1 Å². The number of nitrogens with one attached hydrogen (secondary N) is 2. The van der Waals surface area contributed by atoms with Gasteiger partial charge in [-0.2, -0.15) is 0 Å². The third kappa shape index (κ3) is 1.92. The fourth-order valence-electron chi connectivity index (χ4n) is 2.27. The summed E-state index contributed by atoms with van der Waals surface area (Å²) < 4.78 is 0. The van der Waals surface area contributed by atoms with Crippen LogP contribution in [0.4, 0.5) is 0 Å². The average molecular weight is 196 g/mol. The number of rotatable bonds is 2. The molecule has 1 heterocycles. The van der Waals surface area contributed by atoms with Crippen molar-refractivity contribution in [2.75, 3.05) is 13.1 Å². The van der Waals surface area contributed by atoms with Gasteiger partial charge in [0.2, 0.25) is 5.91 Å². The second-order valence-corrected chi connectivity index (χ2v) is 4.93. The highest BCUT2D eigenvalue weighted by molar-refractivity contribution is 5.83. The normalized spacial score (nSPS) is 30.5. The molecule has 0 radical (unpaired) electrons. The van der Waals surface area contributed by atoms with Gasteiger partial charge in [0, 0.05) is 18.0 Å². The summed E-state index contributed by atoms with van der Waals surface area (Å²) in [6, 6.07) is 0.369. The molecule has 1 amide bonds. The van der Waals surface area contributed by atoms with Crippen molar-refractivity contribution in [2.45, 2.75) is 45.1 Å². The smallest absolute Gasteiger partial charge is 0.226 e. The molecule has 0 spiro atoms. The molecule has 3 nitrogen and oxygen atoms in total. The first-order valence-electron chi connectivity index (χ1n) is 5.72. The molecule has 80 valence electrons. The van der Waals surface area contributed by atoms with Gasteiger partial charge in [-0.05, 0) is 32.2 Å². The molecule has 1 aliphatic carbocycles. The van der Waals surface area contributed by atoms with Crippen LogP contribution in [-0.2, 0) is 4.79 Å². The van der Waals surface area contributed by atoms with Crippen LogP contribution in [0.2, 0.25) is 0 Å². The second-order valence-electron chi connectivity index (χ2n) is 4.93. The van der Waals surface area contributed by atoms with Gasteiger partial charge >= 0.3 is 0 Å². The molecule has 1 saturated carbocycles. The van der Waals surface area contributed by atoms with Crippen LogP contribution >= 0.6 is 0 Å². The molecule has 2 aliphatic rings. The van der Waals surface area contributed by atoms with E-state index in [1.807, 2.05) is 0 Å². The van der Waals surface area contributed by atoms with Crippen molar-refractivity contribution in [1.82, 2.24) is 10.6 Å². The van der Waals surface area contributed by atoms with E-state index in [-0.39, 0.29) is 11.3 Å². The zero-order valence-corrected chi connectivity index (χ0v) is 8.94. The molecule has 0 aromatic carbocycles. The first kappa shape index (κ1) is 9.97. The van der Waals surface area contributed by atoms with E-state index in [1.165, 1.54) is 12.8 Å². The Bertz CT molecular complexity index is 217. The molecule has 2 rings (SSSR count). The molecule has 2 fully saturated rings. The zero-order valence-electron chi connectivity index (χ0n) is 8.94. The van der Waals surface area contributed by atoms with Crippen LogP contribution in [0.25, 0.3) is 0 Å². The number of carbonyl (C=O) groups excluding carboxylic acids is 1. The van der Waals surface area contributed by atoms with Crippen molar-refractivity contribution in [3.63, 3.8) is 0 Å². The molecule has 1 aliphatic heterocycles. The van der Waals surface area contributed by atoms with Gasteiger partial charge in [-0.25, -0.2) is 0 Å². The van der Waals surface area contributed by atoms with Gasteiger partial charge in [0.1, 0.15) is 0 Å². The van der Waals surface area contributed by atoms with Crippen LogP contribution in [0, 0.1) is 5.41 Å². The van der Waals surface area contributed by atoms with E-state index in [9.17, 15) is 4.79 Å². The molecule has 1 atom stereocenters. The fraction of sp³-hybridized carbons (Fsp3) is 0.909. The Morgan fingerprint density at radius 2 is 2.21 bits per heavy atom. The first-order valence-corrected chi connectivity index (χ1v) is 5.72. The molecule has 14 heavy (non-hydrogen) atoms. The van der Waals surface area contributed by atoms with Gasteiger partial charge in [0.15, 0.2) is 0 Å². The van der Waals surface area contributed by atoms with E-state index in [2.05, 4.69) is 17.6 Å². The summed E-state index contributed by atoms with van der Waals surface area (Å²) in [6.07, 6.45) is 5.67. The van der Waals surface area contributed by atoms with Gasteiger partial charge in [-0.15, -0.1) is 0 Å². The largest absolute Gasteiger partial charge is 0.352 e. The maximum absolute atomic E-state index is 11.9. The van der Waals surface area contributed by atoms with E-state index >= 15 is 0 Å².